The quantitative estimate of drug-likeness (QED) is 0.391. The summed E-state index contributed by atoms with van der Waals surface area (Å²) < 4.78 is 26.4. The zero-order valence-corrected chi connectivity index (χ0v) is 22.4. The summed E-state index contributed by atoms with van der Waals surface area (Å²) in [7, 11) is -1.97. The molecular formula is C29H35N3O4S. The molecule has 8 heteroatoms. The largest absolute Gasteiger partial charge is 0.357 e. The van der Waals surface area contributed by atoms with Crippen LogP contribution in [-0.4, -0.2) is 51.0 Å². The van der Waals surface area contributed by atoms with Crippen molar-refractivity contribution in [1.82, 2.24) is 10.2 Å². The normalized spacial score (nSPS) is 12.0. The molecule has 0 radical (unpaired) electrons. The van der Waals surface area contributed by atoms with Crippen LogP contribution in [-0.2, 0) is 32.6 Å². The lowest BCUT2D eigenvalue weighted by Crippen LogP contribution is -2.49. The first-order valence-corrected chi connectivity index (χ1v) is 14.2. The summed E-state index contributed by atoms with van der Waals surface area (Å²) in [4.78, 5) is 28.2. The lowest BCUT2D eigenvalue weighted by molar-refractivity contribution is -0.141. The average molecular weight is 522 g/mol. The van der Waals surface area contributed by atoms with E-state index in [1.807, 2.05) is 79.7 Å². The number of hydrogen-bond donors (Lipinski definition) is 1. The third-order valence-corrected chi connectivity index (χ3v) is 7.43. The van der Waals surface area contributed by atoms with Crippen molar-refractivity contribution in [3.63, 3.8) is 0 Å². The van der Waals surface area contributed by atoms with Gasteiger partial charge in [0.1, 0.15) is 6.04 Å². The van der Waals surface area contributed by atoms with Crippen molar-refractivity contribution in [1.29, 1.82) is 0 Å². The first-order valence-electron chi connectivity index (χ1n) is 12.3. The molecule has 2 amide bonds. The van der Waals surface area contributed by atoms with Crippen molar-refractivity contribution in [2.75, 3.05) is 24.2 Å². The van der Waals surface area contributed by atoms with Crippen molar-refractivity contribution < 1.29 is 18.0 Å². The molecule has 37 heavy (non-hydrogen) atoms. The van der Waals surface area contributed by atoms with E-state index >= 15 is 0 Å². The van der Waals surface area contributed by atoms with Gasteiger partial charge < -0.3 is 10.2 Å². The summed E-state index contributed by atoms with van der Waals surface area (Å²) in [5.41, 5.74) is 3.30. The number of benzene rings is 3. The molecule has 0 aliphatic rings. The van der Waals surface area contributed by atoms with Crippen LogP contribution in [0.3, 0.4) is 0 Å². The van der Waals surface area contributed by atoms with Gasteiger partial charge in [0, 0.05) is 33.0 Å². The number of carbonyl (C=O) groups is 2. The number of nitrogens with zero attached hydrogens (tertiary/aromatic N) is 2. The fraction of sp³-hybridized carbons (Fsp3) is 0.310. The van der Waals surface area contributed by atoms with E-state index in [9.17, 15) is 18.0 Å². The monoisotopic (exact) mass is 521 g/mol. The summed E-state index contributed by atoms with van der Waals surface area (Å²) >= 11 is 0. The third-order valence-electron chi connectivity index (χ3n) is 6.25. The predicted molar refractivity (Wildman–Crippen MR) is 148 cm³/mol. The molecule has 3 aromatic carbocycles. The Morgan fingerprint density at radius 2 is 1.43 bits per heavy atom. The van der Waals surface area contributed by atoms with Crippen molar-refractivity contribution in [3.05, 3.63) is 102 Å². The number of rotatable bonds is 12. The molecule has 0 aliphatic carbocycles. The molecule has 0 saturated carbocycles. The van der Waals surface area contributed by atoms with Crippen LogP contribution in [0.1, 0.15) is 29.5 Å². The Hall–Kier alpha value is -3.65. The van der Waals surface area contributed by atoms with Crippen LogP contribution in [0.4, 0.5) is 5.69 Å². The van der Waals surface area contributed by atoms with Gasteiger partial charge in [0.25, 0.3) is 0 Å². The van der Waals surface area contributed by atoms with Crippen LogP contribution < -0.4 is 9.62 Å². The second-order valence-electron chi connectivity index (χ2n) is 9.05. The number of para-hydroxylation sites is 1. The molecule has 0 aliphatic heterocycles. The summed E-state index contributed by atoms with van der Waals surface area (Å²) in [6.45, 7) is 2.30. The summed E-state index contributed by atoms with van der Waals surface area (Å²) in [5, 5.41) is 2.71. The van der Waals surface area contributed by atoms with Gasteiger partial charge in [-0.15, -0.1) is 0 Å². The van der Waals surface area contributed by atoms with E-state index in [-0.39, 0.29) is 31.3 Å². The van der Waals surface area contributed by atoms with Crippen molar-refractivity contribution >= 4 is 27.5 Å². The highest BCUT2D eigenvalue weighted by atomic mass is 32.2. The molecule has 0 fully saturated rings. The minimum absolute atomic E-state index is 0.104. The van der Waals surface area contributed by atoms with Gasteiger partial charge in [0.05, 0.1) is 11.9 Å². The van der Waals surface area contributed by atoms with Crippen LogP contribution in [0.5, 0.6) is 0 Å². The standard InChI is InChI=1S/C29H35N3O4S/c1-23-13-10-11-18-26(23)32(37(3,35)36)20-12-19-28(33)31(22-25-16-8-5-9-17-25)27(29(34)30-2)21-24-14-6-4-7-15-24/h4-11,13-18,27H,12,19-22H2,1-3H3,(H,30,34). The lowest BCUT2D eigenvalue weighted by Gasteiger charge is -2.31. The van der Waals surface area contributed by atoms with Gasteiger partial charge in [-0.2, -0.15) is 0 Å². The van der Waals surface area contributed by atoms with Crippen LogP contribution in [0, 0.1) is 6.92 Å². The van der Waals surface area contributed by atoms with Crippen LogP contribution >= 0.6 is 0 Å². The molecule has 196 valence electrons. The highest BCUT2D eigenvalue weighted by Gasteiger charge is 2.30. The molecule has 0 saturated heterocycles. The van der Waals surface area contributed by atoms with E-state index < -0.39 is 16.1 Å². The number of nitrogens with one attached hydrogen (secondary N) is 1. The van der Waals surface area contributed by atoms with Crippen LogP contribution in [0.15, 0.2) is 84.9 Å². The zero-order chi connectivity index (χ0) is 26.8. The molecular weight excluding hydrogens is 486 g/mol. The average Bonchev–Trinajstić information content (AvgIpc) is 2.89. The maximum absolute atomic E-state index is 13.6. The molecule has 0 aromatic heterocycles. The van der Waals surface area contributed by atoms with Gasteiger partial charge in [-0.05, 0) is 36.1 Å². The van der Waals surface area contributed by atoms with E-state index in [2.05, 4.69) is 5.32 Å². The molecule has 0 spiro atoms. The minimum atomic E-state index is -3.54. The Balaban J connectivity index is 1.83. The zero-order valence-electron chi connectivity index (χ0n) is 21.6. The van der Waals surface area contributed by atoms with Crippen LogP contribution in [0.2, 0.25) is 0 Å². The Morgan fingerprint density at radius 1 is 0.865 bits per heavy atom. The number of aryl methyl sites for hydroxylation is 1. The summed E-state index contributed by atoms with van der Waals surface area (Å²) in [5.74, 6) is -0.447. The first kappa shape index (κ1) is 27.9. The smallest absolute Gasteiger partial charge is 0.242 e. The highest BCUT2D eigenvalue weighted by molar-refractivity contribution is 7.92. The molecule has 1 unspecified atom stereocenters. The van der Waals surface area contributed by atoms with Crippen molar-refractivity contribution in [2.24, 2.45) is 0 Å². The van der Waals surface area contributed by atoms with Gasteiger partial charge in [0.2, 0.25) is 21.8 Å². The second-order valence-corrected chi connectivity index (χ2v) is 11.0. The number of likely N-dealkylation sites (N-methyl/N-ethyl adjacent to an activating group) is 1. The Kier molecular flexibility index (Phi) is 9.85. The molecule has 0 bridgehead atoms. The highest BCUT2D eigenvalue weighted by Crippen LogP contribution is 2.23. The molecule has 1 atom stereocenters. The number of amides is 2. The van der Waals surface area contributed by atoms with Gasteiger partial charge in [0.15, 0.2) is 0 Å². The number of carbonyl (C=O) groups excluding carboxylic acids is 2. The van der Waals surface area contributed by atoms with Gasteiger partial charge in [-0.25, -0.2) is 8.42 Å². The molecule has 1 N–H and O–H groups in total. The minimum Gasteiger partial charge on any atom is -0.357 e. The predicted octanol–water partition coefficient (Wildman–Crippen LogP) is 3.93. The van der Waals surface area contributed by atoms with Gasteiger partial charge in [-0.3, -0.25) is 13.9 Å². The first-order chi connectivity index (χ1) is 17.7. The number of anilines is 1. The second kappa shape index (κ2) is 13.1. The topological polar surface area (TPSA) is 86.8 Å². The van der Waals surface area contributed by atoms with Crippen molar-refractivity contribution in [3.8, 4) is 0 Å². The van der Waals surface area contributed by atoms with Crippen LogP contribution in [0.25, 0.3) is 0 Å². The molecule has 0 heterocycles. The van der Waals surface area contributed by atoms with E-state index in [1.165, 1.54) is 10.6 Å². The Labute approximate surface area is 220 Å². The third kappa shape index (κ3) is 7.92. The molecule has 3 aromatic rings. The fourth-order valence-corrected chi connectivity index (χ4v) is 5.35. The van der Waals surface area contributed by atoms with E-state index in [4.69, 9.17) is 0 Å². The van der Waals surface area contributed by atoms with Crippen molar-refractivity contribution in [2.45, 2.75) is 38.8 Å². The SMILES string of the molecule is CNC(=O)C(Cc1ccccc1)N(Cc1ccccc1)C(=O)CCCN(c1ccccc1C)S(C)(=O)=O. The van der Waals surface area contributed by atoms with E-state index in [0.29, 0.717) is 18.5 Å². The molecule has 7 nitrogen and oxygen atoms in total. The fourth-order valence-electron chi connectivity index (χ4n) is 4.33. The number of hydrogen-bond acceptors (Lipinski definition) is 4. The maximum Gasteiger partial charge on any atom is 0.242 e. The summed E-state index contributed by atoms with van der Waals surface area (Å²) in [6, 6.07) is 25.7. The van der Waals surface area contributed by atoms with Gasteiger partial charge >= 0.3 is 0 Å². The number of sulfonamides is 1. The Bertz CT molecular complexity index is 1280. The molecule has 3 rings (SSSR count). The lowest BCUT2D eigenvalue weighted by atomic mass is 10.0. The van der Waals surface area contributed by atoms with Gasteiger partial charge in [-0.1, -0.05) is 78.9 Å². The van der Waals surface area contributed by atoms with E-state index in [0.717, 1.165) is 16.7 Å². The Morgan fingerprint density at radius 3 is 2.00 bits per heavy atom. The maximum atomic E-state index is 13.6. The summed E-state index contributed by atoms with van der Waals surface area (Å²) in [6.07, 6.45) is 1.96. The van der Waals surface area contributed by atoms with E-state index in [1.54, 1.807) is 24.1 Å².